The van der Waals surface area contributed by atoms with E-state index >= 15 is 0 Å². The van der Waals surface area contributed by atoms with E-state index in [-0.39, 0.29) is 11.4 Å². The van der Waals surface area contributed by atoms with Crippen molar-refractivity contribution in [2.75, 3.05) is 6.54 Å². The molecule has 0 spiro atoms. The molecule has 0 unspecified atom stereocenters. The predicted molar refractivity (Wildman–Crippen MR) is 63.2 cm³/mol. The van der Waals surface area contributed by atoms with E-state index in [0.717, 1.165) is 6.42 Å². The van der Waals surface area contributed by atoms with Crippen LogP contribution >= 0.6 is 0 Å². The van der Waals surface area contributed by atoms with Gasteiger partial charge in [-0.1, -0.05) is 25.5 Å². The van der Waals surface area contributed by atoms with Gasteiger partial charge in [0.05, 0.1) is 4.92 Å². The highest BCUT2D eigenvalue weighted by atomic mass is 32.2. The minimum atomic E-state index is -3.80. The van der Waals surface area contributed by atoms with Crippen molar-refractivity contribution in [2.24, 2.45) is 0 Å². The summed E-state index contributed by atoms with van der Waals surface area (Å²) in [6.45, 7) is 2.21. The van der Waals surface area contributed by atoms with E-state index in [1.165, 1.54) is 24.3 Å². The van der Waals surface area contributed by atoms with Crippen LogP contribution in [-0.2, 0) is 10.0 Å². The molecule has 0 amide bonds. The fourth-order valence-corrected chi connectivity index (χ4v) is 2.54. The van der Waals surface area contributed by atoms with Crippen LogP contribution in [0.25, 0.3) is 0 Å². The molecule has 0 aliphatic heterocycles. The molecule has 1 aromatic carbocycles. The molecule has 1 rings (SSSR count). The normalized spacial score (nSPS) is 11.4. The van der Waals surface area contributed by atoms with Crippen molar-refractivity contribution in [3.05, 3.63) is 34.4 Å². The quantitative estimate of drug-likeness (QED) is 0.477. The van der Waals surface area contributed by atoms with Crippen LogP contribution in [0.3, 0.4) is 0 Å². The van der Waals surface area contributed by atoms with Gasteiger partial charge in [0, 0.05) is 12.6 Å². The molecule has 0 aliphatic rings. The number of sulfonamides is 1. The Morgan fingerprint density at radius 3 is 2.59 bits per heavy atom. The maximum absolute atomic E-state index is 11.8. The number of hydrogen-bond donors (Lipinski definition) is 1. The molecular formula is C10H14N2O4S. The number of unbranched alkanes of at least 4 members (excludes halogenated alkanes) is 1. The molecule has 0 saturated carbocycles. The second-order valence-corrected chi connectivity index (χ2v) is 5.21. The van der Waals surface area contributed by atoms with E-state index in [0.29, 0.717) is 6.42 Å². The van der Waals surface area contributed by atoms with Gasteiger partial charge >= 0.3 is 0 Å². The summed E-state index contributed by atoms with van der Waals surface area (Å²) in [7, 11) is -3.80. The lowest BCUT2D eigenvalue weighted by atomic mass is 10.3. The second-order valence-electron chi connectivity index (χ2n) is 3.48. The number of nitrogens with zero attached hydrogens (tertiary/aromatic N) is 1. The summed E-state index contributed by atoms with van der Waals surface area (Å²) in [5.41, 5.74) is -0.406. The van der Waals surface area contributed by atoms with Crippen LogP contribution in [0.2, 0.25) is 0 Å². The van der Waals surface area contributed by atoms with Gasteiger partial charge in [0.25, 0.3) is 5.69 Å². The Kier molecular flexibility index (Phi) is 4.59. The molecule has 0 fully saturated rings. The maximum Gasteiger partial charge on any atom is 0.289 e. The van der Waals surface area contributed by atoms with Crippen LogP contribution in [0.4, 0.5) is 5.69 Å². The zero-order valence-corrected chi connectivity index (χ0v) is 10.2. The molecule has 0 heterocycles. The van der Waals surface area contributed by atoms with Gasteiger partial charge in [-0.25, -0.2) is 13.1 Å². The third-order valence-electron chi connectivity index (χ3n) is 2.17. The molecule has 17 heavy (non-hydrogen) atoms. The summed E-state index contributed by atoms with van der Waals surface area (Å²) in [5.74, 6) is 0. The van der Waals surface area contributed by atoms with Gasteiger partial charge in [-0.05, 0) is 12.5 Å². The van der Waals surface area contributed by atoms with E-state index in [4.69, 9.17) is 0 Å². The van der Waals surface area contributed by atoms with E-state index < -0.39 is 20.6 Å². The molecule has 94 valence electrons. The molecule has 0 aliphatic carbocycles. The first-order chi connectivity index (χ1) is 7.99. The second kappa shape index (κ2) is 5.74. The standard InChI is InChI=1S/C10H14N2O4S/c1-2-3-8-11-17(15,16)10-7-5-4-6-9(10)12(13)14/h4-7,11H,2-3,8H2,1H3. The van der Waals surface area contributed by atoms with Crippen LogP contribution in [0.1, 0.15) is 19.8 Å². The summed E-state index contributed by atoms with van der Waals surface area (Å²) in [6.07, 6.45) is 1.54. The Balaban J connectivity index is 3.02. The molecule has 0 radical (unpaired) electrons. The van der Waals surface area contributed by atoms with Crippen molar-refractivity contribution >= 4 is 15.7 Å². The zero-order chi connectivity index (χ0) is 12.9. The fourth-order valence-electron chi connectivity index (χ4n) is 1.30. The lowest BCUT2D eigenvalue weighted by Gasteiger charge is -2.06. The van der Waals surface area contributed by atoms with Crippen LogP contribution < -0.4 is 4.72 Å². The smallest absolute Gasteiger partial charge is 0.258 e. The van der Waals surface area contributed by atoms with E-state index in [2.05, 4.69) is 4.72 Å². The molecule has 0 saturated heterocycles. The number of benzene rings is 1. The number of nitrogens with one attached hydrogen (secondary N) is 1. The van der Waals surface area contributed by atoms with Gasteiger partial charge < -0.3 is 0 Å². The van der Waals surface area contributed by atoms with Crippen LogP contribution in [0.5, 0.6) is 0 Å². The number of para-hydroxylation sites is 1. The number of hydrogen-bond acceptors (Lipinski definition) is 4. The van der Waals surface area contributed by atoms with Crippen molar-refractivity contribution in [1.29, 1.82) is 0 Å². The zero-order valence-electron chi connectivity index (χ0n) is 9.42. The van der Waals surface area contributed by atoms with E-state index in [9.17, 15) is 18.5 Å². The van der Waals surface area contributed by atoms with Crippen molar-refractivity contribution in [2.45, 2.75) is 24.7 Å². The Morgan fingerprint density at radius 2 is 2.00 bits per heavy atom. The van der Waals surface area contributed by atoms with Gasteiger partial charge in [-0.3, -0.25) is 10.1 Å². The van der Waals surface area contributed by atoms with Crippen molar-refractivity contribution in [3.63, 3.8) is 0 Å². The van der Waals surface area contributed by atoms with Gasteiger partial charge in [-0.15, -0.1) is 0 Å². The van der Waals surface area contributed by atoms with Gasteiger partial charge in [-0.2, -0.15) is 0 Å². The molecule has 0 bridgehead atoms. The maximum atomic E-state index is 11.8. The van der Waals surface area contributed by atoms with Gasteiger partial charge in [0.2, 0.25) is 10.0 Å². The molecule has 1 N–H and O–H groups in total. The Morgan fingerprint density at radius 1 is 1.35 bits per heavy atom. The minimum absolute atomic E-state index is 0.283. The molecular weight excluding hydrogens is 244 g/mol. The van der Waals surface area contributed by atoms with E-state index in [1.54, 1.807) is 0 Å². The minimum Gasteiger partial charge on any atom is -0.258 e. The summed E-state index contributed by atoms with van der Waals surface area (Å²) < 4.78 is 26.0. The first kappa shape index (κ1) is 13.6. The Labute approximate surface area is 99.9 Å². The number of nitro benzene ring substituents is 1. The number of nitro groups is 1. The van der Waals surface area contributed by atoms with Crippen LogP contribution in [0.15, 0.2) is 29.2 Å². The fraction of sp³-hybridized carbons (Fsp3) is 0.400. The largest absolute Gasteiger partial charge is 0.289 e. The Hall–Kier alpha value is -1.47. The topological polar surface area (TPSA) is 89.3 Å². The van der Waals surface area contributed by atoms with Crippen molar-refractivity contribution in [3.8, 4) is 0 Å². The molecule has 0 aromatic heterocycles. The molecule has 6 nitrogen and oxygen atoms in total. The Bertz CT molecular complexity index is 499. The highest BCUT2D eigenvalue weighted by molar-refractivity contribution is 7.89. The highest BCUT2D eigenvalue weighted by Gasteiger charge is 2.24. The molecule has 7 heteroatoms. The average Bonchev–Trinajstić information content (AvgIpc) is 2.29. The first-order valence-corrected chi connectivity index (χ1v) is 6.70. The predicted octanol–water partition coefficient (Wildman–Crippen LogP) is 1.67. The first-order valence-electron chi connectivity index (χ1n) is 5.22. The highest BCUT2D eigenvalue weighted by Crippen LogP contribution is 2.22. The number of rotatable bonds is 6. The summed E-state index contributed by atoms with van der Waals surface area (Å²) >= 11 is 0. The van der Waals surface area contributed by atoms with Crippen molar-refractivity contribution in [1.82, 2.24) is 4.72 Å². The summed E-state index contributed by atoms with van der Waals surface area (Å²) in [6, 6.07) is 5.30. The average molecular weight is 258 g/mol. The summed E-state index contributed by atoms with van der Waals surface area (Å²) in [4.78, 5) is 9.72. The van der Waals surface area contributed by atoms with Crippen molar-refractivity contribution < 1.29 is 13.3 Å². The third kappa shape index (κ3) is 3.50. The van der Waals surface area contributed by atoms with Gasteiger partial charge in [0.15, 0.2) is 4.90 Å². The van der Waals surface area contributed by atoms with Gasteiger partial charge in [0.1, 0.15) is 0 Å². The van der Waals surface area contributed by atoms with Crippen LogP contribution in [0, 0.1) is 10.1 Å². The van der Waals surface area contributed by atoms with Crippen LogP contribution in [-0.4, -0.2) is 19.9 Å². The molecule has 0 atom stereocenters. The molecule has 1 aromatic rings. The van der Waals surface area contributed by atoms with E-state index in [1.807, 2.05) is 6.92 Å². The SMILES string of the molecule is CCCCNS(=O)(=O)c1ccccc1[N+](=O)[O-]. The third-order valence-corrected chi connectivity index (χ3v) is 3.68. The monoisotopic (exact) mass is 258 g/mol. The lowest BCUT2D eigenvalue weighted by molar-refractivity contribution is -0.387. The lowest BCUT2D eigenvalue weighted by Crippen LogP contribution is -2.25. The summed E-state index contributed by atoms with van der Waals surface area (Å²) in [5, 5.41) is 10.7.